The van der Waals surface area contributed by atoms with Crippen molar-refractivity contribution in [3.8, 4) is 11.5 Å². The van der Waals surface area contributed by atoms with E-state index in [1.165, 1.54) is 19.1 Å². The number of ether oxygens (including phenoxy) is 2. The van der Waals surface area contributed by atoms with Crippen LogP contribution in [0.2, 0.25) is 0 Å². The number of nitrogens with zero attached hydrogens (tertiary/aromatic N) is 2. The third-order valence-corrected chi connectivity index (χ3v) is 5.38. The zero-order valence-electron chi connectivity index (χ0n) is 18.5. The Morgan fingerprint density at radius 3 is 2.26 bits per heavy atom. The van der Waals surface area contributed by atoms with Crippen molar-refractivity contribution in [2.24, 2.45) is 0 Å². The largest absolute Gasteiger partial charge is 0.507 e. The summed E-state index contributed by atoms with van der Waals surface area (Å²) in [5.41, 5.74) is 2.24. The molecule has 0 saturated carbocycles. The van der Waals surface area contributed by atoms with Crippen LogP contribution >= 0.6 is 0 Å². The molecule has 2 aromatic rings. The van der Waals surface area contributed by atoms with E-state index in [1.54, 1.807) is 30.3 Å². The van der Waals surface area contributed by atoms with E-state index >= 15 is 0 Å². The first-order valence-corrected chi connectivity index (χ1v) is 10.0. The van der Waals surface area contributed by atoms with Crippen molar-refractivity contribution in [1.29, 1.82) is 0 Å². The summed E-state index contributed by atoms with van der Waals surface area (Å²) in [5.74, 6) is -0.499. The van der Waals surface area contributed by atoms with Crippen molar-refractivity contribution in [2.45, 2.75) is 13.0 Å². The molecule has 0 aromatic heterocycles. The van der Waals surface area contributed by atoms with Crippen LogP contribution in [0.25, 0.3) is 5.76 Å². The summed E-state index contributed by atoms with van der Waals surface area (Å²) >= 11 is 0. The summed E-state index contributed by atoms with van der Waals surface area (Å²) in [6.45, 7) is 2.84. The maximum Gasteiger partial charge on any atom is 0.295 e. The Bertz CT molecular complexity index is 1010. The molecule has 0 bridgehead atoms. The van der Waals surface area contributed by atoms with Crippen LogP contribution in [0.3, 0.4) is 0 Å². The molecule has 7 nitrogen and oxygen atoms in total. The summed E-state index contributed by atoms with van der Waals surface area (Å²) in [6.07, 6.45) is 0. The lowest BCUT2D eigenvalue weighted by atomic mass is 9.94. The second kappa shape index (κ2) is 9.22. The fourth-order valence-corrected chi connectivity index (χ4v) is 3.65. The monoisotopic (exact) mass is 424 g/mol. The maximum absolute atomic E-state index is 13.0. The van der Waals surface area contributed by atoms with Crippen LogP contribution in [-0.2, 0) is 9.59 Å². The van der Waals surface area contributed by atoms with Gasteiger partial charge >= 0.3 is 0 Å². The lowest BCUT2D eigenvalue weighted by Gasteiger charge is -2.27. The minimum Gasteiger partial charge on any atom is -0.507 e. The summed E-state index contributed by atoms with van der Waals surface area (Å²) < 4.78 is 10.7. The lowest BCUT2D eigenvalue weighted by molar-refractivity contribution is -0.140. The zero-order valence-corrected chi connectivity index (χ0v) is 18.5. The molecule has 1 amide bonds. The molecule has 1 aliphatic heterocycles. The van der Waals surface area contributed by atoms with Crippen LogP contribution in [0.15, 0.2) is 48.0 Å². The van der Waals surface area contributed by atoms with Gasteiger partial charge in [-0.2, -0.15) is 0 Å². The molecule has 0 spiro atoms. The smallest absolute Gasteiger partial charge is 0.295 e. The standard InChI is InChI=1S/C24H28N2O5/c1-15-6-8-16(9-7-15)22(27)20-21(17-10-11-18(30-4)19(14-17)31-5)26(13-12-25(2)3)24(29)23(20)28/h6-11,14,21,27H,12-13H2,1-5H3/b22-20+/t21-/m1/s1. The van der Waals surface area contributed by atoms with Gasteiger partial charge in [-0.3, -0.25) is 9.59 Å². The highest BCUT2D eigenvalue weighted by Crippen LogP contribution is 2.41. The Morgan fingerprint density at radius 2 is 1.68 bits per heavy atom. The number of amides is 1. The number of aliphatic hydroxyl groups is 1. The van der Waals surface area contributed by atoms with Gasteiger partial charge in [0.05, 0.1) is 25.8 Å². The predicted octanol–water partition coefficient (Wildman–Crippen LogP) is 3.00. The molecule has 1 N–H and O–H groups in total. The molecule has 7 heteroatoms. The van der Waals surface area contributed by atoms with E-state index < -0.39 is 17.7 Å². The molecule has 0 radical (unpaired) electrons. The van der Waals surface area contributed by atoms with E-state index in [0.717, 1.165) is 5.56 Å². The van der Waals surface area contributed by atoms with Crippen molar-refractivity contribution in [2.75, 3.05) is 41.4 Å². The Morgan fingerprint density at radius 1 is 1.03 bits per heavy atom. The van der Waals surface area contributed by atoms with E-state index in [1.807, 2.05) is 38.1 Å². The molecular formula is C24H28N2O5. The molecule has 0 unspecified atom stereocenters. The van der Waals surface area contributed by atoms with Crippen molar-refractivity contribution in [3.05, 3.63) is 64.7 Å². The van der Waals surface area contributed by atoms with E-state index in [4.69, 9.17) is 9.47 Å². The number of likely N-dealkylation sites (N-methyl/N-ethyl adjacent to an activating group) is 1. The van der Waals surface area contributed by atoms with Crippen molar-refractivity contribution < 1.29 is 24.2 Å². The Labute approximate surface area is 182 Å². The van der Waals surface area contributed by atoms with Crippen LogP contribution in [0, 0.1) is 6.92 Å². The highest BCUT2D eigenvalue weighted by atomic mass is 16.5. The zero-order chi connectivity index (χ0) is 22.7. The average molecular weight is 424 g/mol. The lowest BCUT2D eigenvalue weighted by Crippen LogP contribution is -2.35. The van der Waals surface area contributed by atoms with Crippen molar-refractivity contribution >= 4 is 17.4 Å². The number of rotatable bonds is 7. The molecule has 3 rings (SSSR count). The number of benzene rings is 2. The van der Waals surface area contributed by atoms with Gasteiger partial charge in [-0.1, -0.05) is 35.9 Å². The number of ketones is 1. The van der Waals surface area contributed by atoms with Crippen molar-refractivity contribution in [3.63, 3.8) is 0 Å². The van der Waals surface area contributed by atoms with E-state index in [0.29, 0.717) is 35.7 Å². The van der Waals surface area contributed by atoms with Gasteiger partial charge in [0.2, 0.25) is 0 Å². The first-order chi connectivity index (χ1) is 14.8. The van der Waals surface area contributed by atoms with Gasteiger partial charge < -0.3 is 24.4 Å². The summed E-state index contributed by atoms with van der Waals surface area (Å²) in [7, 11) is 6.86. The van der Waals surface area contributed by atoms with Crippen LogP contribution in [0.5, 0.6) is 11.5 Å². The second-order valence-electron chi connectivity index (χ2n) is 7.78. The molecule has 1 fully saturated rings. The van der Waals surface area contributed by atoms with Gasteiger partial charge in [-0.15, -0.1) is 0 Å². The predicted molar refractivity (Wildman–Crippen MR) is 118 cm³/mol. The Balaban J connectivity index is 2.18. The van der Waals surface area contributed by atoms with Gasteiger partial charge in [0.15, 0.2) is 11.5 Å². The van der Waals surface area contributed by atoms with Crippen molar-refractivity contribution in [1.82, 2.24) is 9.80 Å². The minimum absolute atomic E-state index is 0.0693. The van der Waals surface area contributed by atoms with Crippen LogP contribution in [0.1, 0.15) is 22.7 Å². The van der Waals surface area contributed by atoms with Gasteiger partial charge in [0.25, 0.3) is 11.7 Å². The highest BCUT2D eigenvalue weighted by Gasteiger charge is 2.46. The van der Waals surface area contributed by atoms with Crippen LogP contribution < -0.4 is 9.47 Å². The van der Waals surface area contributed by atoms with Gasteiger partial charge in [0.1, 0.15) is 5.76 Å². The quantitative estimate of drug-likeness (QED) is 0.418. The first-order valence-electron chi connectivity index (χ1n) is 10.0. The molecule has 2 aromatic carbocycles. The fourth-order valence-electron chi connectivity index (χ4n) is 3.65. The Hall–Kier alpha value is -3.32. The SMILES string of the molecule is COc1ccc([C@@H]2/C(=C(\O)c3ccc(C)cc3)C(=O)C(=O)N2CCN(C)C)cc1OC. The third-order valence-electron chi connectivity index (χ3n) is 5.38. The summed E-state index contributed by atoms with van der Waals surface area (Å²) in [5, 5.41) is 11.1. The number of carbonyl (C=O) groups is 2. The van der Waals surface area contributed by atoms with E-state index in [9.17, 15) is 14.7 Å². The number of carbonyl (C=O) groups excluding carboxylic acids is 2. The number of aryl methyl sites for hydroxylation is 1. The molecule has 1 atom stereocenters. The fraction of sp³-hybridized carbons (Fsp3) is 0.333. The first kappa shape index (κ1) is 22.4. The number of methoxy groups -OCH3 is 2. The van der Waals surface area contributed by atoms with E-state index in [2.05, 4.69) is 0 Å². The number of likely N-dealkylation sites (tertiary alicyclic amines) is 1. The van der Waals surface area contributed by atoms with Gasteiger partial charge in [-0.25, -0.2) is 0 Å². The number of hydrogen-bond acceptors (Lipinski definition) is 6. The summed E-state index contributed by atoms with van der Waals surface area (Å²) in [6, 6.07) is 11.7. The van der Waals surface area contributed by atoms with Gasteiger partial charge in [0, 0.05) is 18.7 Å². The molecule has 0 aliphatic carbocycles. The highest BCUT2D eigenvalue weighted by molar-refractivity contribution is 6.46. The average Bonchev–Trinajstić information content (AvgIpc) is 3.01. The molecule has 1 saturated heterocycles. The van der Waals surface area contributed by atoms with Crippen LogP contribution in [0.4, 0.5) is 0 Å². The topological polar surface area (TPSA) is 79.3 Å². The molecule has 31 heavy (non-hydrogen) atoms. The van der Waals surface area contributed by atoms with Gasteiger partial charge in [-0.05, 0) is 38.7 Å². The van der Waals surface area contributed by atoms with E-state index in [-0.39, 0.29) is 11.3 Å². The number of Topliss-reactive ketones (excluding diaryl/α,β-unsaturated/α-hetero) is 1. The van der Waals surface area contributed by atoms with Crippen LogP contribution in [-0.4, -0.2) is 68.0 Å². The second-order valence-corrected chi connectivity index (χ2v) is 7.78. The summed E-state index contributed by atoms with van der Waals surface area (Å²) in [4.78, 5) is 29.4. The third kappa shape index (κ3) is 4.41. The minimum atomic E-state index is -0.735. The maximum atomic E-state index is 13.0. The number of aliphatic hydroxyl groups excluding tert-OH is 1. The molecular weight excluding hydrogens is 396 g/mol. The Kier molecular flexibility index (Phi) is 6.65. The number of hydrogen-bond donors (Lipinski definition) is 1. The molecule has 1 aliphatic rings. The normalized spacial score (nSPS) is 18.0. The molecule has 164 valence electrons. The molecule has 1 heterocycles.